The summed E-state index contributed by atoms with van der Waals surface area (Å²) < 4.78 is 25.8. The third-order valence-electron chi connectivity index (χ3n) is 3.83. The number of halogens is 2. The van der Waals surface area contributed by atoms with Gasteiger partial charge in [0.2, 0.25) is 0 Å². The number of nitrogens with one attached hydrogen (secondary N) is 1. The summed E-state index contributed by atoms with van der Waals surface area (Å²) in [6, 6.07) is 3.06. The minimum atomic E-state index is -2.86. The molecule has 0 spiro atoms. The van der Waals surface area contributed by atoms with E-state index >= 15 is 0 Å². The SMILES string of the molecule is N#Cc1cc([N+](=O)[O-])c2[nH]c(C(F)F)nc2c1SC1CCCC1. The highest BCUT2D eigenvalue weighted by Crippen LogP contribution is 2.42. The highest BCUT2D eigenvalue weighted by atomic mass is 32.2. The molecule has 1 aliphatic carbocycles. The smallest absolute Gasteiger partial charge is 0.296 e. The Morgan fingerprint density at radius 2 is 2.17 bits per heavy atom. The Labute approximate surface area is 134 Å². The Balaban J connectivity index is 2.21. The molecule has 1 aromatic carbocycles. The molecule has 120 valence electrons. The number of nitrogens with zero attached hydrogens (tertiary/aromatic N) is 3. The molecule has 0 aliphatic heterocycles. The van der Waals surface area contributed by atoms with Crippen molar-refractivity contribution in [3.05, 3.63) is 27.6 Å². The van der Waals surface area contributed by atoms with Crippen molar-refractivity contribution in [2.24, 2.45) is 0 Å². The van der Waals surface area contributed by atoms with E-state index < -0.39 is 22.9 Å². The van der Waals surface area contributed by atoms with Crippen molar-refractivity contribution in [3.63, 3.8) is 0 Å². The molecule has 0 unspecified atom stereocenters. The lowest BCUT2D eigenvalue weighted by molar-refractivity contribution is -0.383. The predicted octanol–water partition coefficient (Wildman–Crippen LogP) is 4.32. The third kappa shape index (κ3) is 2.86. The first-order chi connectivity index (χ1) is 11.0. The minimum Gasteiger partial charge on any atom is -0.331 e. The molecule has 23 heavy (non-hydrogen) atoms. The van der Waals surface area contributed by atoms with Crippen LogP contribution in [0.15, 0.2) is 11.0 Å². The van der Waals surface area contributed by atoms with E-state index in [-0.39, 0.29) is 21.8 Å². The number of benzene rings is 1. The van der Waals surface area contributed by atoms with Crippen LogP contribution in [0.1, 0.15) is 43.5 Å². The lowest BCUT2D eigenvalue weighted by Crippen LogP contribution is -1.98. The molecule has 9 heteroatoms. The second kappa shape index (κ2) is 6.12. The maximum absolute atomic E-state index is 12.9. The quantitative estimate of drug-likeness (QED) is 0.662. The van der Waals surface area contributed by atoms with Gasteiger partial charge in [-0.15, -0.1) is 11.8 Å². The van der Waals surface area contributed by atoms with Crippen LogP contribution in [0.5, 0.6) is 0 Å². The van der Waals surface area contributed by atoms with Gasteiger partial charge in [-0.2, -0.15) is 5.26 Å². The predicted molar refractivity (Wildman–Crippen MR) is 80.5 cm³/mol. The van der Waals surface area contributed by atoms with Crippen LogP contribution in [0.4, 0.5) is 14.5 Å². The summed E-state index contributed by atoms with van der Waals surface area (Å²) in [7, 11) is 0. The van der Waals surface area contributed by atoms with Crippen LogP contribution in [-0.2, 0) is 0 Å². The maximum Gasteiger partial charge on any atom is 0.296 e. The number of alkyl halides is 2. The molecule has 0 atom stereocenters. The van der Waals surface area contributed by atoms with E-state index in [1.165, 1.54) is 11.8 Å². The number of thioether (sulfide) groups is 1. The molecule has 2 aromatic rings. The number of aromatic amines is 1. The van der Waals surface area contributed by atoms with E-state index in [0.29, 0.717) is 4.90 Å². The van der Waals surface area contributed by atoms with Crippen LogP contribution in [0, 0.1) is 21.4 Å². The maximum atomic E-state index is 12.9. The first-order valence-corrected chi connectivity index (χ1v) is 7.95. The van der Waals surface area contributed by atoms with Gasteiger partial charge in [-0.05, 0) is 12.8 Å². The lowest BCUT2D eigenvalue weighted by Gasteiger charge is -2.10. The molecule has 0 bridgehead atoms. The lowest BCUT2D eigenvalue weighted by atomic mass is 10.2. The van der Waals surface area contributed by atoms with Gasteiger partial charge in [0.05, 0.1) is 15.4 Å². The molecular weight excluding hydrogens is 326 g/mol. The largest absolute Gasteiger partial charge is 0.331 e. The Hall–Kier alpha value is -2.21. The van der Waals surface area contributed by atoms with Crippen LogP contribution in [-0.4, -0.2) is 20.1 Å². The zero-order chi connectivity index (χ0) is 16.6. The fraction of sp³-hybridized carbons (Fsp3) is 0.429. The number of H-pyrrole nitrogens is 1. The van der Waals surface area contributed by atoms with Crippen molar-refractivity contribution in [1.82, 2.24) is 9.97 Å². The fourth-order valence-electron chi connectivity index (χ4n) is 2.77. The zero-order valence-corrected chi connectivity index (χ0v) is 12.7. The molecule has 1 aliphatic rings. The van der Waals surface area contributed by atoms with Gasteiger partial charge in [0.15, 0.2) is 5.82 Å². The minimum absolute atomic E-state index is 0.0511. The average molecular weight is 338 g/mol. The van der Waals surface area contributed by atoms with Crippen molar-refractivity contribution >= 4 is 28.5 Å². The Morgan fingerprint density at radius 3 is 2.74 bits per heavy atom. The Morgan fingerprint density at radius 1 is 1.48 bits per heavy atom. The number of rotatable bonds is 4. The van der Waals surface area contributed by atoms with E-state index in [1.807, 2.05) is 6.07 Å². The van der Waals surface area contributed by atoms with Gasteiger partial charge >= 0.3 is 0 Å². The number of nitro groups is 1. The number of aromatic nitrogens is 2. The van der Waals surface area contributed by atoms with E-state index in [9.17, 15) is 24.2 Å². The molecular formula is C14H12F2N4O2S. The summed E-state index contributed by atoms with van der Waals surface area (Å²) in [5.74, 6) is -0.619. The van der Waals surface area contributed by atoms with Gasteiger partial charge in [-0.1, -0.05) is 12.8 Å². The average Bonchev–Trinajstić information content (AvgIpc) is 3.15. The number of nitro benzene ring substituents is 1. The summed E-state index contributed by atoms with van der Waals surface area (Å²) in [6.45, 7) is 0. The number of fused-ring (bicyclic) bond motifs is 1. The number of nitriles is 1. The molecule has 1 saturated carbocycles. The molecule has 3 rings (SSSR count). The first kappa shape index (κ1) is 15.7. The zero-order valence-electron chi connectivity index (χ0n) is 11.9. The second-order valence-electron chi connectivity index (χ2n) is 5.31. The number of hydrogen-bond donors (Lipinski definition) is 1. The number of imidazole rings is 1. The van der Waals surface area contributed by atoms with E-state index in [4.69, 9.17) is 0 Å². The van der Waals surface area contributed by atoms with Gasteiger partial charge in [-0.25, -0.2) is 13.8 Å². The van der Waals surface area contributed by atoms with Crippen LogP contribution in [0.25, 0.3) is 11.0 Å². The molecule has 1 N–H and O–H groups in total. The summed E-state index contributed by atoms with van der Waals surface area (Å²) in [5, 5.41) is 20.8. The standard InChI is InChI=1S/C14H12F2N4O2S/c15-13(16)14-18-10-9(20(21)22)5-7(6-17)12(11(10)19-14)23-8-3-1-2-4-8/h5,8,13H,1-4H2,(H,18,19). The van der Waals surface area contributed by atoms with Crippen LogP contribution in [0.3, 0.4) is 0 Å². The van der Waals surface area contributed by atoms with Crippen molar-refractivity contribution in [2.45, 2.75) is 42.3 Å². The van der Waals surface area contributed by atoms with Gasteiger partial charge < -0.3 is 4.98 Å². The van der Waals surface area contributed by atoms with E-state index in [2.05, 4.69) is 9.97 Å². The Bertz CT molecular complexity index is 809. The van der Waals surface area contributed by atoms with Crippen LogP contribution >= 0.6 is 11.8 Å². The van der Waals surface area contributed by atoms with Crippen LogP contribution in [0.2, 0.25) is 0 Å². The van der Waals surface area contributed by atoms with E-state index in [0.717, 1.165) is 31.7 Å². The fourth-order valence-corrected chi connectivity index (χ4v) is 4.16. The highest BCUT2D eigenvalue weighted by Gasteiger charge is 2.27. The molecule has 0 amide bonds. The summed E-state index contributed by atoms with van der Waals surface area (Å²) in [6.07, 6.45) is 1.24. The monoisotopic (exact) mass is 338 g/mol. The topological polar surface area (TPSA) is 95.6 Å². The van der Waals surface area contributed by atoms with E-state index in [1.54, 1.807) is 0 Å². The summed E-state index contributed by atoms with van der Waals surface area (Å²) in [4.78, 5) is 17.1. The summed E-state index contributed by atoms with van der Waals surface area (Å²) >= 11 is 1.40. The van der Waals surface area contributed by atoms with Gasteiger partial charge in [0.1, 0.15) is 17.1 Å². The van der Waals surface area contributed by atoms with Gasteiger partial charge in [-0.3, -0.25) is 10.1 Å². The molecule has 1 heterocycles. The van der Waals surface area contributed by atoms with Crippen molar-refractivity contribution in [1.29, 1.82) is 5.26 Å². The molecule has 6 nitrogen and oxygen atoms in total. The Kier molecular flexibility index (Phi) is 4.17. The summed E-state index contributed by atoms with van der Waals surface area (Å²) in [5.41, 5.74) is -0.270. The van der Waals surface area contributed by atoms with Crippen molar-refractivity contribution < 1.29 is 13.7 Å². The molecule has 0 saturated heterocycles. The van der Waals surface area contributed by atoms with Crippen molar-refractivity contribution in [3.8, 4) is 6.07 Å². The molecule has 0 radical (unpaired) electrons. The van der Waals surface area contributed by atoms with Crippen molar-refractivity contribution in [2.75, 3.05) is 0 Å². The normalized spacial score (nSPS) is 15.4. The molecule has 1 aromatic heterocycles. The first-order valence-electron chi connectivity index (χ1n) is 7.07. The van der Waals surface area contributed by atoms with Crippen LogP contribution < -0.4 is 0 Å². The highest BCUT2D eigenvalue weighted by molar-refractivity contribution is 8.00. The number of non-ortho nitro benzene ring substituents is 1. The molecule has 1 fully saturated rings. The second-order valence-corrected chi connectivity index (χ2v) is 6.62. The van der Waals surface area contributed by atoms with Gasteiger partial charge in [0.25, 0.3) is 12.1 Å². The number of hydrogen-bond acceptors (Lipinski definition) is 5. The third-order valence-corrected chi connectivity index (χ3v) is 5.28. The van der Waals surface area contributed by atoms with Gasteiger partial charge in [0, 0.05) is 11.3 Å².